The van der Waals surface area contributed by atoms with Gasteiger partial charge in [0.15, 0.2) is 16.4 Å². The van der Waals surface area contributed by atoms with E-state index in [9.17, 15) is 4.79 Å². The Kier molecular flexibility index (Phi) is 7.19. The van der Waals surface area contributed by atoms with Gasteiger partial charge in [-0.1, -0.05) is 30.3 Å². The van der Waals surface area contributed by atoms with Gasteiger partial charge in [0.1, 0.15) is 0 Å². The molecule has 1 aromatic carbocycles. The summed E-state index contributed by atoms with van der Waals surface area (Å²) in [6.07, 6.45) is 1.65. The maximum atomic E-state index is 12.7. The molecule has 1 amide bonds. The molecule has 0 aliphatic carbocycles. The van der Waals surface area contributed by atoms with Crippen LogP contribution in [0.2, 0.25) is 0 Å². The third-order valence-corrected chi connectivity index (χ3v) is 6.80. The first-order valence-electron chi connectivity index (χ1n) is 11.7. The predicted molar refractivity (Wildman–Crippen MR) is 130 cm³/mol. The number of carbonyl (C=O) groups is 1. The lowest BCUT2D eigenvalue weighted by Gasteiger charge is -2.36. The van der Waals surface area contributed by atoms with Crippen LogP contribution in [0.15, 0.2) is 53.1 Å². The molecule has 4 heterocycles. The number of piperazine rings is 1. The van der Waals surface area contributed by atoms with Crippen molar-refractivity contribution in [2.75, 3.05) is 59.0 Å². The molecule has 2 fully saturated rings. The number of benzene rings is 1. The average Bonchev–Trinajstić information content (AvgIpc) is 3.50. The van der Waals surface area contributed by atoms with E-state index >= 15 is 0 Å². The summed E-state index contributed by atoms with van der Waals surface area (Å²) in [6.45, 7) is 7.76. The Bertz CT molecular complexity index is 1130. The minimum absolute atomic E-state index is 0.199. The van der Waals surface area contributed by atoms with Crippen LogP contribution in [-0.4, -0.2) is 94.0 Å². The van der Waals surface area contributed by atoms with Gasteiger partial charge in [-0.05, 0) is 29.9 Å². The van der Waals surface area contributed by atoms with Crippen LogP contribution in [0.3, 0.4) is 0 Å². The number of nitrogens with zero attached hydrogens (tertiary/aromatic N) is 6. The zero-order chi connectivity index (χ0) is 23.3. The van der Waals surface area contributed by atoms with Gasteiger partial charge in [0, 0.05) is 39.3 Å². The van der Waals surface area contributed by atoms with E-state index in [0.717, 1.165) is 37.6 Å². The molecule has 3 aromatic rings. The third-order valence-electron chi connectivity index (χ3n) is 6.37. The summed E-state index contributed by atoms with van der Waals surface area (Å²) in [5.74, 6) is 1.61. The summed E-state index contributed by atoms with van der Waals surface area (Å²) in [5, 5.41) is 4.81. The van der Waals surface area contributed by atoms with Crippen molar-refractivity contribution in [3.63, 3.8) is 0 Å². The van der Waals surface area contributed by atoms with Crippen molar-refractivity contribution >= 4 is 18.1 Å². The summed E-state index contributed by atoms with van der Waals surface area (Å²) >= 11 is 5.83. The molecular weight excluding hydrogens is 452 g/mol. The second-order valence-corrected chi connectivity index (χ2v) is 9.05. The Balaban J connectivity index is 1.24. The lowest BCUT2D eigenvalue weighted by Crippen LogP contribution is -2.52. The summed E-state index contributed by atoms with van der Waals surface area (Å²) in [5.41, 5.74) is 1.15. The first-order chi connectivity index (χ1) is 16.7. The van der Waals surface area contributed by atoms with E-state index in [1.54, 1.807) is 6.26 Å². The first kappa shape index (κ1) is 23.0. The summed E-state index contributed by atoms with van der Waals surface area (Å²) in [7, 11) is 0. The van der Waals surface area contributed by atoms with Gasteiger partial charge in [-0.2, -0.15) is 0 Å². The van der Waals surface area contributed by atoms with Crippen LogP contribution >= 0.6 is 12.2 Å². The largest absolute Gasteiger partial charge is 0.461 e. The Morgan fingerprint density at radius 3 is 2.41 bits per heavy atom. The third kappa shape index (κ3) is 5.30. The van der Waals surface area contributed by atoms with Gasteiger partial charge in [-0.15, -0.1) is 5.10 Å². The van der Waals surface area contributed by atoms with Gasteiger partial charge in [0.25, 0.3) is 0 Å². The minimum Gasteiger partial charge on any atom is -0.461 e. The molecule has 9 nitrogen and oxygen atoms in total. The highest BCUT2D eigenvalue weighted by atomic mass is 32.1. The second-order valence-electron chi connectivity index (χ2n) is 8.68. The molecule has 0 N–H and O–H groups in total. The molecule has 0 atom stereocenters. The first-order valence-corrected chi connectivity index (χ1v) is 12.1. The lowest BCUT2D eigenvalue weighted by atomic mass is 10.2. The number of hydrogen-bond donors (Lipinski definition) is 0. The van der Waals surface area contributed by atoms with Crippen molar-refractivity contribution in [2.45, 2.75) is 13.2 Å². The Morgan fingerprint density at radius 1 is 0.941 bits per heavy atom. The molecule has 180 valence electrons. The van der Waals surface area contributed by atoms with E-state index in [4.69, 9.17) is 26.5 Å². The summed E-state index contributed by atoms with van der Waals surface area (Å²) < 4.78 is 15.6. The maximum absolute atomic E-state index is 12.7. The number of ether oxygens (including phenoxy) is 1. The normalized spacial score (nSPS) is 17.8. The molecule has 0 bridgehead atoms. The highest BCUT2D eigenvalue weighted by Gasteiger charge is 2.24. The predicted octanol–water partition coefficient (Wildman–Crippen LogP) is 2.16. The number of aromatic nitrogens is 3. The highest BCUT2D eigenvalue weighted by Crippen LogP contribution is 2.21. The Labute approximate surface area is 204 Å². The zero-order valence-corrected chi connectivity index (χ0v) is 20.0. The van der Waals surface area contributed by atoms with Crippen LogP contribution in [-0.2, 0) is 22.7 Å². The zero-order valence-electron chi connectivity index (χ0n) is 19.2. The minimum atomic E-state index is 0.199. The van der Waals surface area contributed by atoms with Gasteiger partial charge in [0.05, 0.1) is 39.2 Å². The van der Waals surface area contributed by atoms with Crippen LogP contribution in [0, 0.1) is 4.77 Å². The molecule has 10 heteroatoms. The highest BCUT2D eigenvalue weighted by molar-refractivity contribution is 7.71. The van der Waals surface area contributed by atoms with Gasteiger partial charge in [0.2, 0.25) is 5.91 Å². The molecular formula is C24H30N6O3S. The van der Waals surface area contributed by atoms with E-state index in [0.29, 0.717) is 56.6 Å². The molecule has 2 saturated heterocycles. The van der Waals surface area contributed by atoms with Gasteiger partial charge in [-0.25, -0.2) is 4.68 Å². The summed E-state index contributed by atoms with van der Waals surface area (Å²) in [4.78, 5) is 19.1. The number of morpholine rings is 1. The van der Waals surface area contributed by atoms with E-state index in [-0.39, 0.29) is 5.91 Å². The quantitative estimate of drug-likeness (QED) is 0.478. The average molecular weight is 483 g/mol. The molecule has 2 aromatic heterocycles. The van der Waals surface area contributed by atoms with E-state index in [2.05, 4.69) is 21.9 Å². The van der Waals surface area contributed by atoms with Crippen LogP contribution in [0.4, 0.5) is 0 Å². The van der Waals surface area contributed by atoms with Gasteiger partial charge < -0.3 is 14.1 Å². The topological polar surface area (TPSA) is 71.9 Å². The van der Waals surface area contributed by atoms with Crippen LogP contribution in [0.5, 0.6) is 0 Å². The monoisotopic (exact) mass is 482 g/mol. The fourth-order valence-electron chi connectivity index (χ4n) is 4.41. The van der Waals surface area contributed by atoms with Crippen molar-refractivity contribution in [3.8, 4) is 11.6 Å². The fourth-order valence-corrected chi connectivity index (χ4v) is 4.66. The van der Waals surface area contributed by atoms with Crippen molar-refractivity contribution in [2.24, 2.45) is 0 Å². The number of hydrogen-bond acceptors (Lipinski definition) is 7. The van der Waals surface area contributed by atoms with Crippen molar-refractivity contribution < 1.29 is 13.9 Å². The molecule has 34 heavy (non-hydrogen) atoms. The van der Waals surface area contributed by atoms with Crippen molar-refractivity contribution in [1.29, 1.82) is 0 Å². The van der Waals surface area contributed by atoms with Crippen molar-refractivity contribution in [3.05, 3.63) is 59.1 Å². The van der Waals surface area contributed by atoms with Crippen LogP contribution in [0.1, 0.15) is 5.56 Å². The summed E-state index contributed by atoms with van der Waals surface area (Å²) in [6, 6.07) is 14.0. The molecule has 0 unspecified atom stereocenters. The molecule has 0 radical (unpaired) electrons. The SMILES string of the molecule is O=C(CN1CCOCC1)N1CCN(Cn2nc(-c3ccco3)n(Cc3ccccc3)c2=S)CC1. The Hall–Kier alpha value is -2.79. The Morgan fingerprint density at radius 2 is 1.71 bits per heavy atom. The van der Waals surface area contributed by atoms with Crippen LogP contribution < -0.4 is 0 Å². The molecule has 0 spiro atoms. The van der Waals surface area contributed by atoms with Crippen LogP contribution in [0.25, 0.3) is 11.6 Å². The number of amides is 1. The lowest BCUT2D eigenvalue weighted by molar-refractivity contribution is -0.135. The van der Waals surface area contributed by atoms with Gasteiger partial charge in [-0.3, -0.25) is 19.2 Å². The van der Waals surface area contributed by atoms with Crippen molar-refractivity contribution in [1.82, 2.24) is 29.0 Å². The second kappa shape index (κ2) is 10.6. The van der Waals surface area contributed by atoms with E-state index < -0.39 is 0 Å². The number of carbonyl (C=O) groups excluding carboxylic acids is 1. The maximum Gasteiger partial charge on any atom is 0.236 e. The number of furan rings is 1. The standard InChI is InChI=1S/C24H30N6O3S/c31-22(18-26-12-15-32-16-13-26)28-10-8-27(9-11-28)19-30-24(34)29(17-20-5-2-1-3-6-20)23(25-30)21-7-4-14-33-21/h1-7,14H,8-13,15-19H2. The number of rotatable bonds is 7. The molecule has 2 aliphatic rings. The molecule has 2 aliphatic heterocycles. The van der Waals surface area contributed by atoms with E-state index in [1.165, 1.54) is 0 Å². The van der Waals surface area contributed by atoms with E-state index in [1.807, 2.05) is 44.5 Å². The fraction of sp³-hybridized carbons (Fsp3) is 0.458. The molecule has 0 saturated carbocycles. The van der Waals surface area contributed by atoms with Gasteiger partial charge >= 0.3 is 0 Å². The molecule has 5 rings (SSSR count). The smallest absolute Gasteiger partial charge is 0.236 e.